The summed E-state index contributed by atoms with van der Waals surface area (Å²) in [6.45, 7) is 6.01. The van der Waals surface area contributed by atoms with Gasteiger partial charge in [0.25, 0.3) is 0 Å². The molecular weight excluding hydrogens is 204 g/mol. The lowest BCUT2D eigenvalue weighted by Crippen LogP contribution is -2.38. The van der Waals surface area contributed by atoms with Crippen LogP contribution >= 0.6 is 0 Å². The molecule has 0 fully saturated rings. The summed E-state index contributed by atoms with van der Waals surface area (Å²) in [5, 5.41) is 15.6. The van der Waals surface area contributed by atoms with Gasteiger partial charge in [0.15, 0.2) is 0 Å². The fourth-order valence-corrected chi connectivity index (χ4v) is 1.35. The fourth-order valence-electron chi connectivity index (χ4n) is 1.35. The van der Waals surface area contributed by atoms with Crippen LogP contribution in [0, 0.1) is 6.92 Å². The maximum atomic E-state index is 9.34. The number of rotatable bonds is 5. The normalized spacial score (nSPS) is 14.3. The van der Waals surface area contributed by atoms with Gasteiger partial charge in [-0.2, -0.15) is 0 Å². The second-order valence-corrected chi connectivity index (χ2v) is 4.14. The van der Waals surface area contributed by atoms with Crippen LogP contribution in [-0.2, 0) is 0 Å². The lowest BCUT2D eigenvalue weighted by molar-refractivity contribution is 0.218. The molecule has 0 spiro atoms. The number of aliphatic hydroxyl groups excluding tert-OH is 1. The van der Waals surface area contributed by atoms with Crippen molar-refractivity contribution in [3.8, 4) is 0 Å². The molecule has 1 aromatic rings. The summed E-state index contributed by atoms with van der Waals surface area (Å²) in [6.07, 6.45) is 2.33. The van der Waals surface area contributed by atoms with Gasteiger partial charge in [0.05, 0.1) is 12.1 Å². The molecule has 0 bridgehead atoms. The molecule has 1 unspecified atom stereocenters. The topological polar surface area (TPSA) is 70.1 Å². The molecule has 90 valence electrons. The van der Waals surface area contributed by atoms with Crippen molar-refractivity contribution < 1.29 is 5.11 Å². The van der Waals surface area contributed by atoms with Crippen LogP contribution in [0.15, 0.2) is 6.33 Å². The second-order valence-electron chi connectivity index (χ2n) is 4.14. The molecule has 0 aliphatic heterocycles. The number of nitrogens with one attached hydrogen (secondary N) is 2. The summed E-state index contributed by atoms with van der Waals surface area (Å²) in [4.78, 5) is 8.31. The lowest BCUT2D eigenvalue weighted by Gasteiger charge is -2.28. The van der Waals surface area contributed by atoms with Crippen molar-refractivity contribution in [2.75, 3.05) is 24.3 Å². The maximum Gasteiger partial charge on any atom is 0.134 e. The molecule has 3 N–H and O–H groups in total. The lowest BCUT2D eigenvalue weighted by atomic mass is 10.00. The Morgan fingerprint density at radius 1 is 1.38 bits per heavy atom. The van der Waals surface area contributed by atoms with Crippen LogP contribution in [-0.4, -0.2) is 34.3 Å². The van der Waals surface area contributed by atoms with E-state index in [0.29, 0.717) is 0 Å². The first kappa shape index (κ1) is 12.7. The van der Waals surface area contributed by atoms with Crippen LogP contribution in [0.5, 0.6) is 0 Å². The number of hydrogen-bond donors (Lipinski definition) is 3. The highest BCUT2D eigenvalue weighted by atomic mass is 16.3. The Bertz CT molecular complexity index is 350. The standard InChI is InChI=1S/C11H20N4O/c1-5-11(3,6-16)15-10-8(2)9(12-4)13-7-14-10/h7,16H,5-6H2,1-4H3,(H2,12,13,14,15). The van der Waals surface area contributed by atoms with Crippen molar-refractivity contribution >= 4 is 11.6 Å². The number of anilines is 2. The predicted octanol–water partition coefficient (Wildman–Crippen LogP) is 1.40. The predicted molar refractivity (Wildman–Crippen MR) is 65.7 cm³/mol. The molecular formula is C11H20N4O. The van der Waals surface area contributed by atoms with Gasteiger partial charge in [-0.15, -0.1) is 0 Å². The van der Waals surface area contributed by atoms with Gasteiger partial charge in [-0.05, 0) is 20.3 Å². The van der Waals surface area contributed by atoms with Crippen LogP contribution in [0.25, 0.3) is 0 Å². The van der Waals surface area contributed by atoms with Crippen molar-refractivity contribution in [3.63, 3.8) is 0 Å². The Hall–Kier alpha value is -1.36. The van der Waals surface area contributed by atoms with Gasteiger partial charge in [0, 0.05) is 12.6 Å². The zero-order chi connectivity index (χ0) is 12.2. The van der Waals surface area contributed by atoms with Gasteiger partial charge < -0.3 is 15.7 Å². The van der Waals surface area contributed by atoms with Gasteiger partial charge in [-0.25, -0.2) is 9.97 Å². The molecule has 16 heavy (non-hydrogen) atoms. The zero-order valence-electron chi connectivity index (χ0n) is 10.3. The van der Waals surface area contributed by atoms with Crippen LogP contribution in [0.4, 0.5) is 11.6 Å². The van der Waals surface area contributed by atoms with Crippen molar-refractivity contribution in [2.24, 2.45) is 0 Å². The minimum Gasteiger partial charge on any atom is -0.394 e. The maximum absolute atomic E-state index is 9.34. The first-order valence-electron chi connectivity index (χ1n) is 5.44. The summed E-state index contributed by atoms with van der Waals surface area (Å²) < 4.78 is 0. The highest BCUT2D eigenvalue weighted by molar-refractivity contribution is 5.57. The molecule has 1 rings (SSSR count). The van der Waals surface area contributed by atoms with Crippen LogP contribution in [0.2, 0.25) is 0 Å². The average molecular weight is 224 g/mol. The summed E-state index contributed by atoms with van der Waals surface area (Å²) >= 11 is 0. The third kappa shape index (κ3) is 2.61. The monoisotopic (exact) mass is 224 g/mol. The Labute approximate surface area is 96.3 Å². The van der Waals surface area contributed by atoms with Crippen molar-refractivity contribution in [1.29, 1.82) is 0 Å². The molecule has 0 saturated carbocycles. The molecule has 5 heteroatoms. The van der Waals surface area contributed by atoms with Crippen LogP contribution in [0.3, 0.4) is 0 Å². The van der Waals surface area contributed by atoms with E-state index >= 15 is 0 Å². The minimum atomic E-state index is -0.343. The van der Waals surface area contributed by atoms with E-state index in [-0.39, 0.29) is 12.1 Å². The average Bonchev–Trinajstić information content (AvgIpc) is 2.32. The van der Waals surface area contributed by atoms with Gasteiger partial charge in [0.2, 0.25) is 0 Å². The number of aliphatic hydroxyl groups is 1. The van der Waals surface area contributed by atoms with Crippen LogP contribution in [0.1, 0.15) is 25.8 Å². The Morgan fingerprint density at radius 2 is 2.00 bits per heavy atom. The largest absolute Gasteiger partial charge is 0.394 e. The first-order valence-corrected chi connectivity index (χ1v) is 5.44. The molecule has 0 aliphatic carbocycles. The SMILES string of the molecule is CCC(C)(CO)Nc1ncnc(NC)c1C. The molecule has 5 nitrogen and oxygen atoms in total. The van der Waals surface area contributed by atoms with E-state index in [1.807, 2.05) is 27.8 Å². The van der Waals surface area contributed by atoms with Gasteiger partial charge >= 0.3 is 0 Å². The van der Waals surface area contributed by atoms with E-state index in [4.69, 9.17) is 0 Å². The van der Waals surface area contributed by atoms with Crippen molar-refractivity contribution in [2.45, 2.75) is 32.7 Å². The van der Waals surface area contributed by atoms with E-state index in [9.17, 15) is 5.11 Å². The number of nitrogens with zero attached hydrogens (tertiary/aromatic N) is 2. The summed E-state index contributed by atoms with van der Waals surface area (Å²) in [5.74, 6) is 1.56. The minimum absolute atomic E-state index is 0.0713. The van der Waals surface area contributed by atoms with Gasteiger partial charge in [-0.3, -0.25) is 0 Å². The van der Waals surface area contributed by atoms with Crippen molar-refractivity contribution in [1.82, 2.24) is 9.97 Å². The molecule has 0 amide bonds. The van der Waals surface area contributed by atoms with Crippen LogP contribution < -0.4 is 10.6 Å². The quantitative estimate of drug-likeness (QED) is 0.705. The van der Waals surface area contributed by atoms with Gasteiger partial charge in [-0.1, -0.05) is 6.92 Å². The molecule has 0 radical (unpaired) electrons. The van der Waals surface area contributed by atoms with E-state index in [1.54, 1.807) is 0 Å². The highest BCUT2D eigenvalue weighted by Gasteiger charge is 2.22. The number of aromatic nitrogens is 2. The molecule has 0 aromatic carbocycles. The van der Waals surface area contributed by atoms with E-state index in [0.717, 1.165) is 23.6 Å². The zero-order valence-corrected chi connectivity index (χ0v) is 10.3. The third-order valence-electron chi connectivity index (χ3n) is 2.87. The summed E-state index contributed by atoms with van der Waals surface area (Å²) in [5.41, 5.74) is 0.613. The number of hydrogen-bond acceptors (Lipinski definition) is 5. The molecule has 1 atom stereocenters. The smallest absolute Gasteiger partial charge is 0.134 e. The second kappa shape index (κ2) is 5.12. The van der Waals surface area contributed by atoms with E-state index < -0.39 is 0 Å². The summed E-state index contributed by atoms with van der Waals surface area (Å²) in [7, 11) is 1.82. The molecule has 0 aliphatic rings. The fraction of sp³-hybridized carbons (Fsp3) is 0.636. The molecule has 0 saturated heterocycles. The van der Waals surface area contributed by atoms with E-state index in [2.05, 4.69) is 20.6 Å². The van der Waals surface area contributed by atoms with E-state index in [1.165, 1.54) is 6.33 Å². The van der Waals surface area contributed by atoms with Gasteiger partial charge in [0.1, 0.15) is 18.0 Å². The van der Waals surface area contributed by atoms with Crippen molar-refractivity contribution in [3.05, 3.63) is 11.9 Å². The molecule has 1 aromatic heterocycles. The Morgan fingerprint density at radius 3 is 2.50 bits per heavy atom. The molecule has 1 heterocycles. The Kier molecular flexibility index (Phi) is 4.06. The highest BCUT2D eigenvalue weighted by Crippen LogP contribution is 2.22. The summed E-state index contributed by atoms with van der Waals surface area (Å²) in [6, 6.07) is 0. The Balaban J connectivity index is 2.97. The first-order chi connectivity index (χ1) is 7.56. The third-order valence-corrected chi connectivity index (χ3v) is 2.87.